The molecule has 0 bridgehead atoms. The maximum absolute atomic E-state index is 5.99. The molecule has 1 atom stereocenters. The van der Waals surface area contributed by atoms with E-state index in [2.05, 4.69) is 6.07 Å². The highest BCUT2D eigenvalue weighted by atomic mass is 32.2. The van der Waals surface area contributed by atoms with E-state index in [1.165, 1.54) is 5.75 Å². The van der Waals surface area contributed by atoms with Gasteiger partial charge in [0.1, 0.15) is 11.9 Å². The molecule has 3 heteroatoms. The van der Waals surface area contributed by atoms with Crippen molar-refractivity contribution in [1.29, 1.82) is 0 Å². The lowest BCUT2D eigenvalue weighted by atomic mass is 10.2. The Balaban J connectivity index is 2.09. The second-order valence-corrected chi connectivity index (χ2v) is 4.93. The number of hydrogen-bond acceptors (Lipinski definition) is 3. The first-order valence-electron chi connectivity index (χ1n) is 5.60. The van der Waals surface area contributed by atoms with E-state index in [1.807, 2.05) is 42.1 Å². The summed E-state index contributed by atoms with van der Waals surface area (Å²) in [6, 6.07) is 8.12. The Labute approximate surface area is 101 Å². The number of nitrogens with two attached hydrogens (primary N) is 1. The monoisotopic (exact) mass is 235 g/mol. The number of rotatable bonds is 4. The van der Waals surface area contributed by atoms with Crippen molar-refractivity contribution in [3.8, 4) is 5.75 Å². The van der Waals surface area contributed by atoms with Crippen LogP contribution in [0.3, 0.4) is 0 Å². The van der Waals surface area contributed by atoms with E-state index in [-0.39, 0.29) is 0 Å². The highest BCUT2D eigenvalue weighted by molar-refractivity contribution is 7.99. The van der Waals surface area contributed by atoms with Crippen LogP contribution in [0, 0.1) is 0 Å². The minimum absolute atomic E-state index is 0.373. The molecule has 1 aliphatic rings. The lowest BCUT2D eigenvalue weighted by molar-refractivity contribution is 0.229. The average molecular weight is 235 g/mol. The van der Waals surface area contributed by atoms with Gasteiger partial charge in [-0.05, 0) is 18.2 Å². The minimum Gasteiger partial charge on any atom is -0.489 e. The van der Waals surface area contributed by atoms with Gasteiger partial charge in [0.2, 0.25) is 0 Å². The van der Waals surface area contributed by atoms with Crippen LogP contribution >= 0.6 is 11.8 Å². The molecule has 2 nitrogen and oxygen atoms in total. The molecule has 0 spiro atoms. The predicted octanol–water partition coefficient (Wildman–Crippen LogP) is 2.54. The van der Waals surface area contributed by atoms with E-state index in [4.69, 9.17) is 10.5 Å². The number of ether oxygens (including phenoxy) is 1. The van der Waals surface area contributed by atoms with E-state index < -0.39 is 0 Å². The van der Waals surface area contributed by atoms with Gasteiger partial charge >= 0.3 is 0 Å². The Morgan fingerprint density at radius 1 is 1.44 bits per heavy atom. The van der Waals surface area contributed by atoms with Gasteiger partial charge in [-0.1, -0.05) is 30.4 Å². The fourth-order valence-electron chi connectivity index (χ4n) is 1.71. The summed E-state index contributed by atoms with van der Waals surface area (Å²) in [6.07, 6.45) is 5.50. The Bertz CT molecular complexity index is 359. The quantitative estimate of drug-likeness (QED) is 0.871. The topological polar surface area (TPSA) is 35.2 Å². The van der Waals surface area contributed by atoms with Crippen molar-refractivity contribution in [2.24, 2.45) is 5.73 Å². The van der Waals surface area contributed by atoms with Gasteiger partial charge in [0.25, 0.3) is 0 Å². The molecule has 0 aromatic heterocycles. The Hall–Kier alpha value is -0.930. The summed E-state index contributed by atoms with van der Waals surface area (Å²) >= 11 is 1.96. The van der Waals surface area contributed by atoms with Crippen LogP contribution in [0.15, 0.2) is 30.3 Å². The normalized spacial score (nSPS) is 20.4. The average Bonchev–Trinajstić information content (AvgIpc) is 2.81. The van der Waals surface area contributed by atoms with Crippen molar-refractivity contribution in [1.82, 2.24) is 0 Å². The molecule has 0 saturated carbocycles. The van der Waals surface area contributed by atoms with E-state index in [1.54, 1.807) is 0 Å². The van der Waals surface area contributed by atoms with Crippen LogP contribution in [-0.2, 0) is 0 Å². The molecule has 2 N–H and O–H groups in total. The lowest BCUT2D eigenvalue weighted by Gasteiger charge is -2.14. The SMILES string of the molecule is NC/C=C/c1ccccc1OC1CCSC1. The zero-order chi connectivity index (χ0) is 11.2. The third-order valence-electron chi connectivity index (χ3n) is 2.53. The number of thioether (sulfide) groups is 1. The maximum atomic E-state index is 5.99. The van der Waals surface area contributed by atoms with Crippen LogP contribution in [0.5, 0.6) is 5.75 Å². The summed E-state index contributed by atoms with van der Waals surface area (Å²) in [5.74, 6) is 3.29. The Kier molecular flexibility index (Phi) is 4.31. The van der Waals surface area contributed by atoms with Crippen LogP contribution < -0.4 is 10.5 Å². The largest absolute Gasteiger partial charge is 0.489 e. The standard InChI is InChI=1S/C13H17NOS/c14-8-3-5-11-4-1-2-6-13(11)15-12-7-9-16-10-12/h1-6,12H,7-10,14H2/b5-3+. The van der Waals surface area contributed by atoms with Crippen LogP contribution in [0.2, 0.25) is 0 Å². The highest BCUT2D eigenvalue weighted by Gasteiger charge is 2.17. The zero-order valence-corrected chi connectivity index (χ0v) is 10.1. The van der Waals surface area contributed by atoms with Crippen LogP contribution in [-0.4, -0.2) is 24.2 Å². The van der Waals surface area contributed by atoms with Gasteiger partial charge < -0.3 is 10.5 Å². The summed E-state index contributed by atoms with van der Waals surface area (Å²) in [4.78, 5) is 0. The van der Waals surface area contributed by atoms with Gasteiger partial charge in [-0.3, -0.25) is 0 Å². The molecule has 1 aromatic rings. The molecule has 2 rings (SSSR count). The molecule has 1 fully saturated rings. The molecule has 16 heavy (non-hydrogen) atoms. The predicted molar refractivity (Wildman–Crippen MR) is 70.9 cm³/mol. The van der Waals surface area contributed by atoms with Gasteiger partial charge in [0.15, 0.2) is 0 Å². The molecule has 0 aliphatic carbocycles. The fraction of sp³-hybridized carbons (Fsp3) is 0.385. The van der Waals surface area contributed by atoms with Gasteiger partial charge in [0, 0.05) is 17.9 Å². The number of para-hydroxylation sites is 1. The van der Waals surface area contributed by atoms with Crippen molar-refractivity contribution in [2.45, 2.75) is 12.5 Å². The highest BCUT2D eigenvalue weighted by Crippen LogP contribution is 2.26. The number of benzene rings is 1. The van der Waals surface area contributed by atoms with Gasteiger partial charge in [0.05, 0.1) is 0 Å². The molecule has 86 valence electrons. The van der Waals surface area contributed by atoms with E-state index in [9.17, 15) is 0 Å². The third kappa shape index (κ3) is 3.03. The molecule has 1 unspecified atom stereocenters. The lowest BCUT2D eigenvalue weighted by Crippen LogP contribution is -2.15. The Morgan fingerprint density at radius 2 is 2.31 bits per heavy atom. The molecule has 1 heterocycles. The second-order valence-electron chi connectivity index (χ2n) is 3.78. The van der Waals surface area contributed by atoms with Gasteiger partial charge in [-0.2, -0.15) is 11.8 Å². The molecule has 0 amide bonds. The maximum Gasteiger partial charge on any atom is 0.126 e. The molecule has 1 aromatic carbocycles. The van der Waals surface area contributed by atoms with Crippen molar-refractivity contribution in [3.05, 3.63) is 35.9 Å². The summed E-state index contributed by atoms with van der Waals surface area (Å²) in [5, 5.41) is 0. The first-order valence-corrected chi connectivity index (χ1v) is 6.75. The molecule has 1 aliphatic heterocycles. The zero-order valence-electron chi connectivity index (χ0n) is 9.26. The van der Waals surface area contributed by atoms with Crippen molar-refractivity contribution < 1.29 is 4.74 Å². The first-order chi connectivity index (χ1) is 7.90. The molecular weight excluding hydrogens is 218 g/mol. The van der Waals surface area contributed by atoms with E-state index in [0.717, 1.165) is 23.5 Å². The van der Waals surface area contributed by atoms with Crippen molar-refractivity contribution in [2.75, 3.05) is 18.1 Å². The van der Waals surface area contributed by atoms with Crippen LogP contribution in [0.25, 0.3) is 6.08 Å². The summed E-state index contributed by atoms with van der Waals surface area (Å²) in [6.45, 7) is 0.563. The second kappa shape index (κ2) is 5.97. The Morgan fingerprint density at radius 3 is 3.06 bits per heavy atom. The van der Waals surface area contributed by atoms with Crippen LogP contribution in [0.1, 0.15) is 12.0 Å². The molecular formula is C13H17NOS. The minimum atomic E-state index is 0.373. The number of hydrogen-bond donors (Lipinski definition) is 1. The molecule has 0 radical (unpaired) electrons. The summed E-state index contributed by atoms with van der Waals surface area (Å²) in [5.41, 5.74) is 6.57. The van der Waals surface area contributed by atoms with E-state index >= 15 is 0 Å². The summed E-state index contributed by atoms with van der Waals surface area (Å²) < 4.78 is 5.99. The fourth-order valence-corrected chi connectivity index (χ4v) is 2.80. The third-order valence-corrected chi connectivity index (χ3v) is 3.67. The summed E-state index contributed by atoms with van der Waals surface area (Å²) in [7, 11) is 0. The van der Waals surface area contributed by atoms with E-state index in [0.29, 0.717) is 12.6 Å². The first kappa shape index (κ1) is 11.6. The molecule has 1 saturated heterocycles. The van der Waals surface area contributed by atoms with Crippen molar-refractivity contribution in [3.63, 3.8) is 0 Å². The van der Waals surface area contributed by atoms with Gasteiger partial charge in [-0.25, -0.2) is 0 Å². The van der Waals surface area contributed by atoms with Crippen molar-refractivity contribution >= 4 is 17.8 Å². The van der Waals surface area contributed by atoms with Gasteiger partial charge in [-0.15, -0.1) is 0 Å². The van der Waals surface area contributed by atoms with Crippen LogP contribution in [0.4, 0.5) is 0 Å². The smallest absolute Gasteiger partial charge is 0.126 e.